The van der Waals surface area contributed by atoms with Crippen LogP contribution in [0.1, 0.15) is 45.8 Å². The Labute approximate surface area is 215 Å². The molecular weight excluding hydrogens is 444 g/mol. The van der Waals surface area contributed by atoms with E-state index in [4.69, 9.17) is 5.10 Å². The number of piperazine rings is 1. The number of hydrogen-bond donors (Lipinski definition) is 0. The Kier molecular flexibility index (Phi) is 7.30. The van der Waals surface area contributed by atoms with Gasteiger partial charge < -0.3 is 0 Å². The van der Waals surface area contributed by atoms with Gasteiger partial charge in [-0.05, 0) is 49.1 Å². The van der Waals surface area contributed by atoms with E-state index in [1.54, 1.807) is 5.01 Å². The maximum atomic E-state index is 13.7. The average molecular weight is 481 g/mol. The van der Waals surface area contributed by atoms with E-state index in [1.807, 2.05) is 0 Å². The molecule has 0 aromatic heterocycles. The maximum Gasteiger partial charge on any atom is 0.257 e. The third-order valence-electron chi connectivity index (χ3n) is 7.49. The van der Waals surface area contributed by atoms with Crippen molar-refractivity contribution in [2.24, 2.45) is 5.10 Å². The van der Waals surface area contributed by atoms with Gasteiger partial charge in [-0.3, -0.25) is 14.6 Å². The van der Waals surface area contributed by atoms with Crippen LogP contribution in [0, 0.1) is 20.8 Å². The summed E-state index contributed by atoms with van der Waals surface area (Å²) < 4.78 is 0. The molecular formula is C31H36N4O. The average Bonchev–Trinajstić information content (AvgIpc) is 3.33. The summed E-state index contributed by atoms with van der Waals surface area (Å²) in [6.45, 7) is 11.5. The van der Waals surface area contributed by atoms with Gasteiger partial charge in [0, 0.05) is 44.7 Å². The van der Waals surface area contributed by atoms with Gasteiger partial charge in [0.15, 0.2) is 0 Å². The molecule has 0 aliphatic carbocycles. The molecule has 5 nitrogen and oxygen atoms in total. The second kappa shape index (κ2) is 10.8. The van der Waals surface area contributed by atoms with Gasteiger partial charge in [0.1, 0.15) is 0 Å². The molecule has 186 valence electrons. The van der Waals surface area contributed by atoms with Gasteiger partial charge in [0.05, 0.1) is 18.3 Å². The van der Waals surface area contributed by atoms with Crippen molar-refractivity contribution in [2.45, 2.75) is 39.8 Å². The molecule has 2 heterocycles. The highest BCUT2D eigenvalue weighted by Gasteiger charge is 2.35. The van der Waals surface area contributed by atoms with E-state index in [0.29, 0.717) is 6.54 Å². The van der Waals surface area contributed by atoms with E-state index < -0.39 is 0 Å². The maximum absolute atomic E-state index is 13.7. The number of nitrogens with zero attached hydrogens (tertiary/aromatic N) is 4. The van der Waals surface area contributed by atoms with E-state index >= 15 is 0 Å². The predicted molar refractivity (Wildman–Crippen MR) is 146 cm³/mol. The fourth-order valence-corrected chi connectivity index (χ4v) is 5.36. The largest absolute Gasteiger partial charge is 0.297 e. The molecule has 0 N–H and O–H groups in total. The van der Waals surface area contributed by atoms with Crippen molar-refractivity contribution in [1.29, 1.82) is 0 Å². The Hall–Kier alpha value is -3.28. The van der Waals surface area contributed by atoms with E-state index in [0.717, 1.165) is 50.4 Å². The molecule has 2 aliphatic heterocycles. The molecule has 3 aromatic carbocycles. The first-order valence-corrected chi connectivity index (χ1v) is 13.0. The smallest absolute Gasteiger partial charge is 0.257 e. The summed E-state index contributed by atoms with van der Waals surface area (Å²) in [6, 6.07) is 25.4. The van der Waals surface area contributed by atoms with Crippen molar-refractivity contribution in [2.75, 3.05) is 32.7 Å². The fraction of sp³-hybridized carbons (Fsp3) is 0.355. The Morgan fingerprint density at radius 2 is 1.53 bits per heavy atom. The van der Waals surface area contributed by atoms with Gasteiger partial charge in [-0.1, -0.05) is 72.3 Å². The van der Waals surface area contributed by atoms with Crippen LogP contribution in [0.15, 0.2) is 77.9 Å². The topological polar surface area (TPSA) is 39.2 Å². The van der Waals surface area contributed by atoms with Crippen molar-refractivity contribution >= 4 is 11.6 Å². The van der Waals surface area contributed by atoms with Crippen LogP contribution in [-0.4, -0.2) is 59.2 Å². The van der Waals surface area contributed by atoms with Crippen LogP contribution in [0.3, 0.4) is 0 Å². The third kappa shape index (κ3) is 5.43. The highest BCUT2D eigenvalue weighted by molar-refractivity contribution is 6.04. The number of carbonyl (C=O) groups excluding carboxylic acids is 1. The van der Waals surface area contributed by atoms with Crippen LogP contribution in [0.2, 0.25) is 0 Å². The fourth-order valence-electron chi connectivity index (χ4n) is 5.36. The lowest BCUT2D eigenvalue weighted by Crippen LogP contribution is -2.49. The van der Waals surface area contributed by atoms with Gasteiger partial charge in [0.2, 0.25) is 0 Å². The molecule has 0 saturated carbocycles. The van der Waals surface area contributed by atoms with Crippen molar-refractivity contribution in [1.82, 2.24) is 14.8 Å². The molecule has 1 unspecified atom stereocenters. The van der Waals surface area contributed by atoms with E-state index in [-0.39, 0.29) is 11.9 Å². The number of hydrazone groups is 1. The zero-order valence-corrected chi connectivity index (χ0v) is 21.7. The molecule has 0 bridgehead atoms. The highest BCUT2D eigenvalue weighted by atomic mass is 16.2. The minimum Gasteiger partial charge on any atom is -0.297 e. The highest BCUT2D eigenvalue weighted by Crippen LogP contribution is 2.35. The SMILES string of the molecule is Cc1ccc(C)c(C2=NN(C(=O)CN3CCN(Cc4ccccc4)CC3)C(c3ccccc3C)C2)c1. The van der Waals surface area contributed by atoms with Crippen molar-refractivity contribution in [3.05, 3.63) is 106 Å². The Bertz CT molecular complexity index is 1240. The van der Waals surface area contributed by atoms with Crippen molar-refractivity contribution < 1.29 is 4.79 Å². The Morgan fingerprint density at radius 1 is 0.833 bits per heavy atom. The van der Waals surface area contributed by atoms with Crippen molar-refractivity contribution in [3.8, 4) is 0 Å². The second-order valence-electron chi connectivity index (χ2n) is 10.2. The zero-order chi connectivity index (χ0) is 25.1. The van der Waals surface area contributed by atoms with Crippen LogP contribution in [0.25, 0.3) is 0 Å². The molecule has 1 amide bonds. The van der Waals surface area contributed by atoms with Gasteiger partial charge >= 0.3 is 0 Å². The van der Waals surface area contributed by atoms with E-state index in [9.17, 15) is 4.79 Å². The summed E-state index contributed by atoms with van der Waals surface area (Å²) in [5.74, 6) is 0.0834. The molecule has 36 heavy (non-hydrogen) atoms. The van der Waals surface area contributed by atoms with Crippen LogP contribution >= 0.6 is 0 Å². The van der Waals surface area contributed by atoms with Gasteiger partial charge in [-0.2, -0.15) is 5.10 Å². The van der Waals surface area contributed by atoms with Crippen LogP contribution in [0.4, 0.5) is 0 Å². The molecule has 1 fully saturated rings. The standard InChI is InChI=1S/C31H36N4O/c1-23-13-14-25(3)28(19-23)29-20-30(27-12-8-7-9-24(27)2)35(32-29)31(36)22-34-17-15-33(16-18-34)21-26-10-5-4-6-11-26/h4-14,19,30H,15-18,20-22H2,1-3H3. The normalized spacial score (nSPS) is 18.9. The lowest BCUT2D eigenvalue weighted by molar-refractivity contribution is -0.134. The minimum atomic E-state index is -0.0621. The number of hydrogen-bond acceptors (Lipinski definition) is 4. The summed E-state index contributed by atoms with van der Waals surface area (Å²) in [5.41, 5.74) is 8.29. The quantitative estimate of drug-likeness (QED) is 0.492. The number of carbonyl (C=O) groups is 1. The number of amides is 1. The third-order valence-corrected chi connectivity index (χ3v) is 7.49. The first-order chi connectivity index (χ1) is 17.5. The first kappa shape index (κ1) is 24.4. The van der Waals surface area contributed by atoms with E-state index in [1.165, 1.54) is 27.8 Å². The summed E-state index contributed by atoms with van der Waals surface area (Å²) >= 11 is 0. The molecule has 0 radical (unpaired) electrons. The summed E-state index contributed by atoms with van der Waals surface area (Å²) in [7, 11) is 0. The van der Waals surface area contributed by atoms with Crippen molar-refractivity contribution in [3.63, 3.8) is 0 Å². The van der Waals surface area contributed by atoms with Gasteiger partial charge in [0.25, 0.3) is 5.91 Å². The molecule has 0 spiro atoms. The molecule has 2 aliphatic rings. The van der Waals surface area contributed by atoms with Gasteiger partial charge in [-0.15, -0.1) is 0 Å². The molecule has 1 atom stereocenters. The van der Waals surface area contributed by atoms with Crippen LogP contribution in [-0.2, 0) is 11.3 Å². The first-order valence-electron chi connectivity index (χ1n) is 13.0. The molecule has 5 rings (SSSR count). The number of benzene rings is 3. The zero-order valence-electron chi connectivity index (χ0n) is 21.7. The Balaban J connectivity index is 1.30. The minimum absolute atomic E-state index is 0.0621. The number of aryl methyl sites for hydroxylation is 3. The molecule has 1 saturated heterocycles. The summed E-state index contributed by atoms with van der Waals surface area (Å²) in [5, 5.41) is 6.73. The van der Waals surface area contributed by atoms with Crippen LogP contribution < -0.4 is 0 Å². The summed E-state index contributed by atoms with van der Waals surface area (Å²) in [6.07, 6.45) is 0.742. The van der Waals surface area contributed by atoms with Crippen LogP contribution in [0.5, 0.6) is 0 Å². The number of rotatable bonds is 6. The Morgan fingerprint density at radius 3 is 2.28 bits per heavy atom. The molecule has 5 heteroatoms. The van der Waals surface area contributed by atoms with E-state index in [2.05, 4.69) is 103 Å². The van der Waals surface area contributed by atoms with Gasteiger partial charge in [-0.25, -0.2) is 5.01 Å². The summed E-state index contributed by atoms with van der Waals surface area (Å²) in [4.78, 5) is 18.4. The monoisotopic (exact) mass is 480 g/mol. The lowest BCUT2D eigenvalue weighted by Gasteiger charge is -2.35. The second-order valence-corrected chi connectivity index (χ2v) is 10.2. The predicted octanol–water partition coefficient (Wildman–Crippen LogP) is 5.11. The molecule has 3 aromatic rings. The lowest BCUT2D eigenvalue weighted by atomic mass is 9.93.